The van der Waals surface area contributed by atoms with Gasteiger partial charge in [-0.25, -0.2) is 9.97 Å². The first-order valence-electron chi connectivity index (χ1n) is 3.85. The standard InChI is InChI=1S/C9H11N3/c1-3-8(10-4-2)9-11-6-5-7-12-9/h1,5-8,10H,4H2,2H3. The molecular weight excluding hydrogens is 150 g/mol. The smallest absolute Gasteiger partial charge is 0.157 e. The van der Waals surface area contributed by atoms with E-state index >= 15 is 0 Å². The molecule has 0 saturated heterocycles. The molecule has 0 saturated carbocycles. The van der Waals surface area contributed by atoms with E-state index in [-0.39, 0.29) is 6.04 Å². The van der Waals surface area contributed by atoms with Gasteiger partial charge in [0.25, 0.3) is 0 Å². The minimum absolute atomic E-state index is 0.170. The molecule has 1 unspecified atom stereocenters. The van der Waals surface area contributed by atoms with Gasteiger partial charge < -0.3 is 0 Å². The van der Waals surface area contributed by atoms with Crippen LogP contribution in [0.4, 0.5) is 0 Å². The summed E-state index contributed by atoms with van der Waals surface area (Å²) in [6.07, 6.45) is 8.67. The summed E-state index contributed by atoms with van der Waals surface area (Å²) in [7, 11) is 0. The molecule has 0 radical (unpaired) electrons. The van der Waals surface area contributed by atoms with Crippen molar-refractivity contribution in [3.05, 3.63) is 24.3 Å². The van der Waals surface area contributed by atoms with Crippen LogP contribution < -0.4 is 5.32 Å². The van der Waals surface area contributed by atoms with Gasteiger partial charge in [0.05, 0.1) is 0 Å². The van der Waals surface area contributed by atoms with Crippen molar-refractivity contribution < 1.29 is 0 Å². The summed E-state index contributed by atoms with van der Waals surface area (Å²) in [6.45, 7) is 2.81. The van der Waals surface area contributed by atoms with E-state index in [0.717, 1.165) is 6.54 Å². The number of hydrogen-bond donors (Lipinski definition) is 1. The Morgan fingerprint density at radius 1 is 1.58 bits per heavy atom. The highest BCUT2D eigenvalue weighted by Gasteiger charge is 2.07. The van der Waals surface area contributed by atoms with Crippen LogP contribution in [0.3, 0.4) is 0 Å². The molecule has 1 aromatic rings. The molecule has 12 heavy (non-hydrogen) atoms. The Hall–Kier alpha value is -1.40. The molecule has 0 bridgehead atoms. The van der Waals surface area contributed by atoms with Crippen molar-refractivity contribution in [3.8, 4) is 12.3 Å². The Morgan fingerprint density at radius 3 is 2.75 bits per heavy atom. The highest BCUT2D eigenvalue weighted by molar-refractivity contribution is 5.10. The Bertz CT molecular complexity index is 263. The van der Waals surface area contributed by atoms with E-state index < -0.39 is 0 Å². The monoisotopic (exact) mass is 161 g/mol. The van der Waals surface area contributed by atoms with Gasteiger partial charge in [0.2, 0.25) is 0 Å². The van der Waals surface area contributed by atoms with E-state index in [9.17, 15) is 0 Å². The van der Waals surface area contributed by atoms with Gasteiger partial charge in [0, 0.05) is 12.4 Å². The number of rotatable bonds is 3. The summed E-state index contributed by atoms with van der Waals surface area (Å²) in [4.78, 5) is 8.10. The third-order valence-corrected chi connectivity index (χ3v) is 1.42. The summed E-state index contributed by atoms with van der Waals surface area (Å²) in [5.41, 5.74) is 0. The summed E-state index contributed by atoms with van der Waals surface area (Å²) in [5.74, 6) is 3.24. The van der Waals surface area contributed by atoms with E-state index in [1.165, 1.54) is 0 Å². The maximum Gasteiger partial charge on any atom is 0.157 e. The van der Waals surface area contributed by atoms with Crippen LogP contribution in [0.2, 0.25) is 0 Å². The molecule has 0 fully saturated rings. The SMILES string of the molecule is C#CC(NCC)c1ncccn1. The molecule has 62 valence electrons. The molecule has 1 atom stereocenters. The quantitative estimate of drug-likeness (QED) is 0.665. The Balaban J connectivity index is 2.75. The minimum atomic E-state index is -0.170. The van der Waals surface area contributed by atoms with Crippen LogP contribution >= 0.6 is 0 Å². The zero-order chi connectivity index (χ0) is 8.81. The van der Waals surface area contributed by atoms with E-state index in [1.807, 2.05) is 6.92 Å². The summed E-state index contributed by atoms with van der Waals surface area (Å²) in [5, 5.41) is 3.09. The zero-order valence-corrected chi connectivity index (χ0v) is 6.99. The molecule has 3 nitrogen and oxygen atoms in total. The molecule has 0 spiro atoms. The van der Waals surface area contributed by atoms with Crippen molar-refractivity contribution in [1.82, 2.24) is 15.3 Å². The number of hydrogen-bond acceptors (Lipinski definition) is 3. The van der Waals surface area contributed by atoms with Gasteiger partial charge in [-0.2, -0.15) is 0 Å². The van der Waals surface area contributed by atoms with Gasteiger partial charge >= 0.3 is 0 Å². The number of nitrogens with one attached hydrogen (secondary N) is 1. The third kappa shape index (κ3) is 2.04. The second-order valence-corrected chi connectivity index (χ2v) is 2.26. The average Bonchev–Trinajstić information content (AvgIpc) is 2.15. The third-order valence-electron chi connectivity index (χ3n) is 1.42. The first-order valence-corrected chi connectivity index (χ1v) is 3.85. The molecule has 0 amide bonds. The highest BCUT2D eigenvalue weighted by Crippen LogP contribution is 2.02. The minimum Gasteiger partial charge on any atom is -0.298 e. The predicted molar refractivity (Wildman–Crippen MR) is 47.3 cm³/mol. The van der Waals surface area contributed by atoms with Crippen molar-refractivity contribution in [2.24, 2.45) is 0 Å². The van der Waals surface area contributed by atoms with E-state index in [4.69, 9.17) is 6.42 Å². The van der Waals surface area contributed by atoms with Gasteiger partial charge in [-0.1, -0.05) is 12.8 Å². The highest BCUT2D eigenvalue weighted by atomic mass is 15.0. The molecule has 1 rings (SSSR count). The van der Waals surface area contributed by atoms with Crippen LogP contribution in [-0.4, -0.2) is 16.5 Å². The average molecular weight is 161 g/mol. The predicted octanol–water partition coefficient (Wildman–Crippen LogP) is 0.760. The Kier molecular flexibility index (Phi) is 3.24. The molecule has 1 N–H and O–H groups in total. The van der Waals surface area contributed by atoms with E-state index in [1.54, 1.807) is 18.5 Å². The van der Waals surface area contributed by atoms with Crippen LogP contribution in [0, 0.1) is 12.3 Å². The maximum atomic E-state index is 5.30. The fourth-order valence-electron chi connectivity index (χ4n) is 0.889. The lowest BCUT2D eigenvalue weighted by Gasteiger charge is -2.08. The normalized spacial score (nSPS) is 12.0. The molecule has 0 aliphatic rings. The van der Waals surface area contributed by atoms with Crippen LogP contribution in [0.25, 0.3) is 0 Å². The van der Waals surface area contributed by atoms with Gasteiger partial charge in [0.1, 0.15) is 6.04 Å². The van der Waals surface area contributed by atoms with Crippen molar-refractivity contribution in [2.75, 3.05) is 6.54 Å². The van der Waals surface area contributed by atoms with E-state index in [2.05, 4.69) is 21.2 Å². The van der Waals surface area contributed by atoms with E-state index in [0.29, 0.717) is 5.82 Å². The lowest BCUT2D eigenvalue weighted by atomic mass is 10.3. The second kappa shape index (κ2) is 4.47. The number of aromatic nitrogens is 2. The lowest BCUT2D eigenvalue weighted by molar-refractivity contribution is 0.629. The second-order valence-electron chi connectivity index (χ2n) is 2.26. The molecule has 0 aromatic carbocycles. The first kappa shape index (κ1) is 8.69. The van der Waals surface area contributed by atoms with Gasteiger partial charge in [-0.15, -0.1) is 6.42 Å². The fourth-order valence-corrected chi connectivity index (χ4v) is 0.889. The number of nitrogens with zero attached hydrogens (tertiary/aromatic N) is 2. The van der Waals surface area contributed by atoms with Crippen LogP contribution in [0.1, 0.15) is 18.8 Å². The van der Waals surface area contributed by atoms with Gasteiger partial charge in [0.15, 0.2) is 5.82 Å². The first-order chi connectivity index (χ1) is 5.88. The summed E-state index contributed by atoms with van der Waals surface area (Å²) >= 11 is 0. The number of terminal acetylenes is 1. The van der Waals surface area contributed by atoms with Crippen LogP contribution in [0.5, 0.6) is 0 Å². The largest absolute Gasteiger partial charge is 0.298 e. The molecule has 1 heterocycles. The Labute approximate surface area is 72.2 Å². The van der Waals surface area contributed by atoms with Crippen molar-refractivity contribution in [1.29, 1.82) is 0 Å². The van der Waals surface area contributed by atoms with Crippen LogP contribution in [-0.2, 0) is 0 Å². The van der Waals surface area contributed by atoms with Gasteiger partial charge in [-0.3, -0.25) is 5.32 Å². The van der Waals surface area contributed by atoms with Crippen molar-refractivity contribution in [2.45, 2.75) is 13.0 Å². The molecule has 3 heteroatoms. The maximum absolute atomic E-state index is 5.30. The van der Waals surface area contributed by atoms with Gasteiger partial charge in [-0.05, 0) is 12.6 Å². The molecule has 0 aliphatic heterocycles. The summed E-state index contributed by atoms with van der Waals surface area (Å²) < 4.78 is 0. The topological polar surface area (TPSA) is 37.8 Å². The lowest BCUT2D eigenvalue weighted by Crippen LogP contribution is -2.21. The Morgan fingerprint density at radius 2 is 2.25 bits per heavy atom. The summed E-state index contributed by atoms with van der Waals surface area (Å²) in [6, 6.07) is 1.60. The fraction of sp³-hybridized carbons (Fsp3) is 0.333. The van der Waals surface area contributed by atoms with Crippen molar-refractivity contribution in [3.63, 3.8) is 0 Å². The van der Waals surface area contributed by atoms with Crippen LogP contribution in [0.15, 0.2) is 18.5 Å². The van der Waals surface area contributed by atoms with Crippen molar-refractivity contribution >= 4 is 0 Å². The molecule has 1 aromatic heterocycles. The zero-order valence-electron chi connectivity index (χ0n) is 6.99. The molecular formula is C9H11N3. The molecule has 0 aliphatic carbocycles.